The van der Waals surface area contributed by atoms with Crippen LogP contribution >= 0.6 is 0 Å². The zero-order valence-corrected chi connectivity index (χ0v) is 29.1. The molecule has 11 atom stereocenters. The van der Waals surface area contributed by atoms with Crippen molar-refractivity contribution in [2.24, 2.45) is 0 Å². The van der Waals surface area contributed by atoms with Crippen LogP contribution in [-0.4, -0.2) is 135 Å². The molecule has 3 aliphatic heterocycles. The molecule has 2 aromatic carbocycles. The number of carboxylic acid groups (broad SMARTS) is 1. The van der Waals surface area contributed by atoms with Gasteiger partial charge in [-0.15, -0.1) is 0 Å². The molecule has 3 aliphatic rings. The molecule has 2 saturated heterocycles. The van der Waals surface area contributed by atoms with E-state index in [1.54, 1.807) is 12.3 Å². The van der Waals surface area contributed by atoms with Gasteiger partial charge in [-0.2, -0.15) is 11.9 Å². The number of nitrogens with zero attached hydrogens (tertiary/aromatic N) is 1. The van der Waals surface area contributed by atoms with Gasteiger partial charge in [-0.25, -0.2) is 9.59 Å². The number of aliphatic carboxylic acids is 1. The SMILES string of the molecule is CCCCc1cc(Cc2c(OC3OC(C(=O)OC4OC(C(=O)O)C(O)C(O)C4O)C(O)C(O)C3O)cc3c(c2O)C(=[OH+])CC(c2ccc(O)c(O)c2)O3)c[n-]1. The monoisotopic (exact) mass is 775 g/mol. The molecule has 19 heteroatoms. The largest absolute Gasteiger partial charge is 0.667 e. The number of aliphatic hydroxyl groups excluding tert-OH is 6. The molecule has 55 heavy (non-hydrogen) atoms. The molecule has 2 fully saturated rings. The molecule has 0 bridgehead atoms. The molecule has 11 unspecified atom stereocenters. The molecular weight excluding hydrogens is 734 g/mol. The highest BCUT2D eigenvalue weighted by Gasteiger charge is 2.53. The summed E-state index contributed by atoms with van der Waals surface area (Å²) in [5.41, 5.74) is 1.65. The van der Waals surface area contributed by atoms with Crippen molar-refractivity contribution in [2.75, 3.05) is 0 Å². The average Bonchev–Trinajstić information content (AvgIpc) is 3.60. The minimum Gasteiger partial charge on any atom is -0.667 e. The third-order valence-electron chi connectivity index (χ3n) is 9.64. The Morgan fingerprint density at radius 3 is 2.22 bits per heavy atom. The van der Waals surface area contributed by atoms with E-state index in [4.69, 9.17) is 23.7 Å². The Labute approximate surface area is 311 Å². The molecule has 0 amide bonds. The van der Waals surface area contributed by atoms with Crippen LogP contribution in [0.25, 0.3) is 0 Å². The summed E-state index contributed by atoms with van der Waals surface area (Å²) in [5, 5.41) is 104. The van der Waals surface area contributed by atoms with Gasteiger partial charge >= 0.3 is 17.7 Å². The highest BCUT2D eigenvalue weighted by Crippen LogP contribution is 2.47. The van der Waals surface area contributed by atoms with Gasteiger partial charge in [0, 0.05) is 18.1 Å². The third kappa shape index (κ3) is 7.91. The summed E-state index contributed by atoms with van der Waals surface area (Å²) in [5.74, 6) is -5.37. The lowest BCUT2D eigenvalue weighted by molar-refractivity contribution is -0.302. The van der Waals surface area contributed by atoms with Gasteiger partial charge in [0.15, 0.2) is 29.3 Å². The predicted octanol–water partition coefficient (Wildman–Crippen LogP) is -1.27. The van der Waals surface area contributed by atoms with Gasteiger partial charge in [-0.1, -0.05) is 37.5 Å². The number of unbranched alkanes of at least 4 members (excludes halogenated alkanes) is 1. The highest BCUT2D eigenvalue weighted by molar-refractivity contribution is 6.04. The van der Waals surface area contributed by atoms with Crippen LogP contribution in [0.1, 0.15) is 60.2 Å². The second kappa shape index (κ2) is 16.0. The number of aryl methyl sites for hydroxylation is 1. The quantitative estimate of drug-likeness (QED) is 0.0617. The van der Waals surface area contributed by atoms with E-state index < -0.39 is 96.7 Å². The van der Waals surface area contributed by atoms with Crippen molar-refractivity contribution in [1.82, 2.24) is 4.98 Å². The number of ether oxygens (including phenoxy) is 5. The number of aromatic hydroxyl groups is 3. The number of carboxylic acids is 1. The second-order valence-electron chi connectivity index (χ2n) is 13.5. The first-order valence-corrected chi connectivity index (χ1v) is 17.3. The standard InChI is InChI=1S/C36H40NO18/c1-2-3-4-15-7-13(12-37-15)8-16-21(11-22-23(24(16)41)19(40)10-20(51-22)14-5-6-17(38)18(39)9-14)52-35-29(46)26(43)28(45)32(54-35)34(50)55-36-30(47)25(42)27(44)31(53-36)33(48)49/h5-7,9,11-12,20,25-32,35-36,38-39,42-47H,2-4,8,10H2,1H3,(H,40,41)(H,48,49)/q-1/p+1. The first-order valence-electron chi connectivity index (χ1n) is 17.3. The number of hydrogen-bond donors (Lipinski definition) is 10. The number of esters is 1. The number of aliphatic hydroxyl groups is 6. The molecule has 11 N–H and O–H groups in total. The lowest BCUT2D eigenvalue weighted by atomic mass is 9.92. The summed E-state index contributed by atoms with van der Waals surface area (Å²) >= 11 is 0. The van der Waals surface area contributed by atoms with Crippen LogP contribution in [0.4, 0.5) is 0 Å². The van der Waals surface area contributed by atoms with Gasteiger partial charge < -0.3 is 79.7 Å². The molecule has 0 saturated carbocycles. The molecule has 298 valence electrons. The lowest BCUT2D eigenvalue weighted by Crippen LogP contribution is -2.63. The predicted molar refractivity (Wildman–Crippen MR) is 181 cm³/mol. The molecule has 0 radical (unpaired) electrons. The van der Waals surface area contributed by atoms with Crippen molar-refractivity contribution < 1.29 is 89.1 Å². The van der Waals surface area contributed by atoms with E-state index in [1.165, 1.54) is 24.3 Å². The Kier molecular flexibility index (Phi) is 11.6. The van der Waals surface area contributed by atoms with Crippen LogP contribution in [0.3, 0.4) is 0 Å². The zero-order chi connectivity index (χ0) is 39.9. The van der Waals surface area contributed by atoms with Gasteiger partial charge in [-0.05, 0) is 24.1 Å². The van der Waals surface area contributed by atoms with Crippen molar-refractivity contribution in [3.05, 3.63) is 64.5 Å². The molecular formula is C36H41NO18. The van der Waals surface area contributed by atoms with E-state index in [2.05, 4.69) is 4.98 Å². The molecule has 6 rings (SSSR count). The van der Waals surface area contributed by atoms with Crippen LogP contribution in [-0.2, 0) is 36.6 Å². The number of aromatic nitrogens is 1. The van der Waals surface area contributed by atoms with E-state index in [0.717, 1.165) is 18.5 Å². The number of phenolic OH excluding ortho intramolecular Hbond substituents is 3. The van der Waals surface area contributed by atoms with Crippen molar-refractivity contribution in [3.63, 3.8) is 0 Å². The minimum absolute atomic E-state index is 0.0191. The fraction of sp³-hybridized carbons (Fsp3) is 0.472. The van der Waals surface area contributed by atoms with E-state index >= 15 is 0 Å². The highest BCUT2D eigenvalue weighted by atomic mass is 16.7. The maximum absolute atomic E-state index is 13.3. The number of carbonyl (C=O) groups excluding carboxylic acids is 2. The van der Waals surface area contributed by atoms with E-state index in [1.807, 2.05) is 6.92 Å². The molecule has 3 aromatic rings. The first kappa shape index (κ1) is 39.7. The number of ketones is 1. The summed E-state index contributed by atoms with van der Waals surface area (Å²) in [6.07, 6.45) is -18.4. The van der Waals surface area contributed by atoms with Gasteiger partial charge in [0.1, 0.15) is 66.4 Å². The summed E-state index contributed by atoms with van der Waals surface area (Å²) in [7, 11) is 0. The second-order valence-corrected chi connectivity index (χ2v) is 13.5. The van der Waals surface area contributed by atoms with Crippen LogP contribution in [0.15, 0.2) is 36.5 Å². The van der Waals surface area contributed by atoms with Crippen molar-refractivity contribution in [3.8, 4) is 28.7 Å². The summed E-state index contributed by atoms with van der Waals surface area (Å²) in [6, 6.07) is 6.94. The summed E-state index contributed by atoms with van der Waals surface area (Å²) in [4.78, 5) is 40.3. The number of rotatable bonds is 11. The van der Waals surface area contributed by atoms with Crippen LogP contribution in [0.5, 0.6) is 28.7 Å². The van der Waals surface area contributed by atoms with Crippen molar-refractivity contribution >= 4 is 17.7 Å². The Bertz CT molecular complexity index is 1910. The Balaban J connectivity index is 1.32. The van der Waals surface area contributed by atoms with E-state index in [9.17, 15) is 65.4 Å². The fourth-order valence-corrected chi connectivity index (χ4v) is 6.56. The Hall–Kier alpha value is -4.99. The number of hydrogen-bond acceptors (Lipinski definition) is 16. The fourth-order valence-electron chi connectivity index (χ4n) is 6.56. The number of phenols is 3. The Morgan fingerprint density at radius 2 is 1.55 bits per heavy atom. The van der Waals surface area contributed by atoms with Crippen molar-refractivity contribution in [2.45, 2.75) is 107 Å². The van der Waals surface area contributed by atoms with Crippen LogP contribution < -0.4 is 14.5 Å². The smallest absolute Gasteiger partial charge is 0.340 e. The number of carbonyl (C=O) groups is 2. The minimum atomic E-state index is -2.19. The first-order chi connectivity index (χ1) is 26.1. The molecule has 0 spiro atoms. The molecule has 4 heterocycles. The summed E-state index contributed by atoms with van der Waals surface area (Å²) < 4.78 is 27.6. The molecule has 0 aliphatic carbocycles. The van der Waals surface area contributed by atoms with Gasteiger partial charge in [0.05, 0.1) is 0 Å². The normalized spacial score (nSPS) is 30.6. The van der Waals surface area contributed by atoms with Crippen LogP contribution in [0, 0.1) is 0 Å². The topological polar surface area (TPSA) is 318 Å². The lowest BCUT2D eigenvalue weighted by Gasteiger charge is -2.41. The number of fused-ring (bicyclic) bond motifs is 1. The third-order valence-corrected chi connectivity index (χ3v) is 9.64. The summed E-state index contributed by atoms with van der Waals surface area (Å²) in [6.45, 7) is 2.03. The van der Waals surface area contributed by atoms with Crippen LogP contribution in [0.2, 0.25) is 0 Å². The maximum atomic E-state index is 13.3. The van der Waals surface area contributed by atoms with Crippen molar-refractivity contribution in [1.29, 1.82) is 0 Å². The number of benzene rings is 2. The molecule has 19 nitrogen and oxygen atoms in total. The zero-order valence-electron chi connectivity index (χ0n) is 29.1. The van der Waals surface area contributed by atoms with E-state index in [0.29, 0.717) is 17.5 Å². The average molecular weight is 776 g/mol. The molecule has 1 aromatic heterocycles. The van der Waals surface area contributed by atoms with E-state index in [-0.39, 0.29) is 41.3 Å². The maximum Gasteiger partial charge on any atom is 0.340 e. The Morgan fingerprint density at radius 1 is 0.873 bits per heavy atom. The van der Waals surface area contributed by atoms with Gasteiger partial charge in [-0.3, -0.25) is 4.79 Å². The van der Waals surface area contributed by atoms with Gasteiger partial charge in [0.25, 0.3) is 0 Å². The van der Waals surface area contributed by atoms with Gasteiger partial charge in [0.2, 0.25) is 12.6 Å².